The van der Waals surface area contributed by atoms with Gasteiger partial charge in [0.1, 0.15) is 37.7 Å². The molecule has 0 aromatic carbocycles. The van der Waals surface area contributed by atoms with E-state index in [1.54, 1.807) is 0 Å². The van der Waals surface area contributed by atoms with Crippen molar-refractivity contribution in [2.24, 2.45) is 0 Å². The second kappa shape index (κ2) is 94.5. The first-order chi connectivity index (χ1) is 11.5. The maximum absolute atomic E-state index is 8.93. The number of aldehydes is 6. The summed E-state index contributed by atoms with van der Waals surface area (Å²) in [6.07, 6.45) is 1.92. The van der Waals surface area contributed by atoms with Gasteiger partial charge < -0.3 is 59.4 Å². The van der Waals surface area contributed by atoms with E-state index in [-0.39, 0.29) is 21.1 Å². The molecule has 0 aromatic rings. The molecule has 0 radical (unpaired) electrons. The monoisotopic (exact) mass is 538 g/mol. The molecule has 25 heavy (non-hydrogen) atoms. The summed E-state index contributed by atoms with van der Waals surface area (Å²) in [6, 6.07) is 0. The molecular formula is C12H18O12W. The Balaban J connectivity index is -0.0000000309. The second-order valence-corrected chi connectivity index (χ2v) is 2.00. The van der Waals surface area contributed by atoms with E-state index in [4.69, 9.17) is 59.4 Å². The summed E-state index contributed by atoms with van der Waals surface area (Å²) in [4.78, 5) is 53.2. The maximum Gasteiger partial charge on any atom is 6.00 e. The molecule has 0 amide bonds. The van der Waals surface area contributed by atoms with E-state index in [1.807, 2.05) is 0 Å². The molecule has 0 aromatic heterocycles. The van der Waals surface area contributed by atoms with Crippen molar-refractivity contribution in [3.05, 3.63) is 0 Å². The normalized spacial score (nSPS) is 6.00. The average molecular weight is 538 g/mol. The van der Waals surface area contributed by atoms with Gasteiger partial charge in [0.25, 0.3) is 0 Å². The van der Waals surface area contributed by atoms with Crippen LogP contribution in [0.1, 0.15) is 0 Å². The molecule has 144 valence electrons. The van der Waals surface area contributed by atoms with Crippen molar-refractivity contribution in [2.45, 2.75) is 0 Å². The molecule has 0 fully saturated rings. The van der Waals surface area contributed by atoms with E-state index in [0.29, 0.717) is 37.7 Å². The van der Waals surface area contributed by atoms with Gasteiger partial charge in [0, 0.05) is 0 Å². The van der Waals surface area contributed by atoms with E-state index in [9.17, 15) is 0 Å². The zero-order chi connectivity index (χ0) is 20.5. The molecule has 0 heterocycles. The summed E-state index contributed by atoms with van der Waals surface area (Å²) in [5, 5.41) is 53.6. The molecule has 12 nitrogen and oxygen atoms in total. The molecule has 0 N–H and O–H groups in total. The maximum atomic E-state index is 8.93. The Morgan fingerprint density at radius 2 is 0.400 bits per heavy atom. The molecule has 13 heteroatoms. The smallest absolute Gasteiger partial charge is 0.849 e. The van der Waals surface area contributed by atoms with Gasteiger partial charge in [-0.1, -0.05) is 39.6 Å². The molecule has 0 aliphatic rings. The first-order valence-corrected chi connectivity index (χ1v) is 5.60. The van der Waals surface area contributed by atoms with Crippen LogP contribution in [0.2, 0.25) is 0 Å². The Labute approximate surface area is 158 Å². The Morgan fingerprint density at radius 1 is 0.360 bits per heavy atom. The zero-order valence-electron chi connectivity index (χ0n) is 13.0. The van der Waals surface area contributed by atoms with Gasteiger partial charge in [0.2, 0.25) is 0 Å². The molecule has 0 aliphatic carbocycles. The third-order valence-electron chi connectivity index (χ3n) is 0.408. The Kier molecular flexibility index (Phi) is 165. The molecule has 0 rings (SSSR count). The number of carbonyl (C=O) groups is 6. The first-order valence-electron chi connectivity index (χ1n) is 5.60. The van der Waals surface area contributed by atoms with Crippen molar-refractivity contribution >= 4 is 37.7 Å². The first kappa shape index (κ1) is 43.7. The molecule has 0 bridgehead atoms. The minimum absolute atomic E-state index is 0. The summed E-state index contributed by atoms with van der Waals surface area (Å²) in [5.41, 5.74) is 0. The van der Waals surface area contributed by atoms with Crippen molar-refractivity contribution < 1.29 is 80.5 Å². The van der Waals surface area contributed by atoms with Crippen LogP contribution in [-0.2, 0) is 49.8 Å². The van der Waals surface area contributed by atoms with Crippen LogP contribution in [0.15, 0.2) is 0 Å². The minimum atomic E-state index is -0.611. The Hall–Kier alpha value is -1.53. The van der Waals surface area contributed by atoms with E-state index >= 15 is 0 Å². The van der Waals surface area contributed by atoms with Gasteiger partial charge in [0.15, 0.2) is 0 Å². The number of carbonyl (C=O) groups excluding carboxylic acids is 6. The number of hydrogen-bond acceptors (Lipinski definition) is 12. The molecule has 0 unspecified atom stereocenters. The zero-order valence-corrected chi connectivity index (χ0v) is 15.9. The van der Waals surface area contributed by atoms with Crippen LogP contribution >= 0.6 is 0 Å². The van der Waals surface area contributed by atoms with E-state index in [2.05, 4.69) is 0 Å². The summed E-state index contributed by atoms with van der Waals surface area (Å²) in [5.74, 6) is 0. The van der Waals surface area contributed by atoms with Crippen molar-refractivity contribution in [1.29, 1.82) is 0 Å². The van der Waals surface area contributed by atoms with Crippen LogP contribution in [0.4, 0.5) is 0 Å². The Bertz CT molecular complexity index is 176. The van der Waals surface area contributed by atoms with E-state index in [0.717, 1.165) is 0 Å². The number of rotatable bonds is 6. The van der Waals surface area contributed by atoms with Crippen LogP contribution in [-0.4, -0.2) is 77.4 Å². The van der Waals surface area contributed by atoms with Crippen molar-refractivity contribution in [2.75, 3.05) is 39.6 Å². The third kappa shape index (κ3) is 471. The van der Waals surface area contributed by atoms with Crippen LogP contribution in [0.3, 0.4) is 0 Å². The van der Waals surface area contributed by atoms with E-state index in [1.165, 1.54) is 0 Å². The van der Waals surface area contributed by atoms with Gasteiger partial charge in [-0.2, -0.15) is 0 Å². The number of hydrogen-bond donors (Lipinski definition) is 0. The van der Waals surface area contributed by atoms with Gasteiger partial charge in [0.05, 0.1) is 0 Å². The standard InChI is InChI=1S/6C2H3O2.W/c6*3-1-2-4;/h6*1H,2H2;/q6*-1;+6. The quantitative estimate of drug-likeness (QED) is 0.287. The summed E-state index contributed by atoms with van der Waals surface area (Å²) < 4.78 is 0. The van der Waals surface area contributed by atoms with Gasteiger partial charge in [-0.15, -0.1) is 0 Å². The predicted octanol–water partition coefficient (Wildman–Crippen LogP) is -8.73. The molecule has 0 spiro atoms. The minimum Gasteiger partial charge on any atom is -0.849 e. The Morgan fingerprint density at radius 3 is 0.400 bits per heavy atom. The fraction of sp³-hybridized carbons (Fsp3) is 0.500. The van der Waals surface area contributed by atoms with Crippen molar-refractivity contribution in [3.8, 4) is 0 Å². The summed E-state index contributed by atoms with van der Waals surface area (Å²) in [6.45, 7) is -3.67. The van der Waals surface area contributed by atoms with Gasteiger partial charge in [-0.25, -0.2) is 0 Å². The van der Waals surface area contributed by atoms with Crippen molar-refractivity contribution in [3.63, 3.8) is 0 Å². The van der Waals surface area contributed by atoms with Crippen molar-refractivity contribution in [1.82, 2.24) is 0 Å². The molecule has 0 saturated heterocycles. The van der Waals surface area contributed by atoms with Crippen LogP contribution in [0, 0.1) is 0 Å². The van der Waals surface area contributed by atoms with E-state index < -0.39 is 39.6 Å². The molecule has 0 saturated carbocycles. The third-order valence-corrected chi connectivity index (χ3v) is 0.408. The fourth-order valence-corrected chi connectivity index (χ4v) is 0. The SMILES string of the molecule is O=CC[O-].O=CC[O-].O=CC[O-].O=CC[O-].O=CC[O-].O=CC[O-].[W+6]. The molecule has 0 aliphatic heterocycles. The predicted molar refractivity (Wildman–Crippen MR) is 65.6 cm³/mol. The topological polar surface area (TPSA) is 241 Å². The van der Waals surface area contributed by atoms with Gasteiger partial charge >= 0.3 is 21.1 Å². The summed E-state index contributed by atoms with van der Waals surface area (Å²) >= 11 is 0. The summed E-state index contributed by atoms with van der Waals surface area (Å²) in [7, 11) is 0. The largest absolute Gasteiger partial charge is 6.00 e. The average Bonchev–Trinajstić information content (AvgIpc) is 2.68. The van der Waals surface area contributed by atoms with Crippen LogP contribution in [0.5, 0.6) is 0 Å². The fourth-order valence-electron chi connectivity index (χ4n) is 0. The van der Waals surface area contributed by atoms with Crippen LogP contribution < -0.4 is 30.6 Å². The molecule has 0 atom stereocenters. The van der Waals surface area contributed by atoms with Gasteiger partial charge in [-0.05, 0) is 0 Å². The van der Waals surface area contributed by atoms with Gasteiger partial charge in [-0.3, -0.25) is 0 Å². The van der Waals surface area contributed by atoms with Crippen LogP contribution in [0.25, 0.3) is 0 Å². The molecular weight excluding hydrogens is 520 g/mol. The second-order valence-electron chi connectivity index (χ2n) is 2.00.